The van der Waals surface area contributed by atoms with Gasteiger partial charge in [-0.05, 0) is 27.7 Å². The van der Waals surface area contributed by atoms with Crippen molar-refractivity contribution in [3.05, 3.63) is 0 Å². The van der Waals surface area contributed by atoms with Crippen LogP contribution in [0.15, 0.2) is 0 Å². The van der Waals surface area contributed by atoms with E-state index in [9.17, 15) is 0 Å². The number of methoxy groups -OCH3 is 1. The van der Waals surface area contributed by atoms with Crippen LogP contribution in [0.3, 0.4) is 0 Å². The number of nitrogens with zero attached hydrogens (tertiary/aromatic N) is 4. The Morgan fingerprint density at radius 3 is 2.33 bits per heavy atom. The summed E-state index contributed by atoms with van der Waals surface area (Å²) in [6.45, 7) is 10.3. The maximum absolute atomic E-state index is 5.66. The molecule has 0 fully saturated rings. The van der Waals surface area contributed by atoms with E-state index in [1.165, 1.54) is 0 Å². The van der Waals surface area contributed by atoms with Gasteiger partial charge in [-0.15, -0.1) is 0 Å². The lowest BCUT2D eigenvalue weighted by Crippen LogP contribution is -2.26. The second kappa shape index (κ2) is 7.97. The van der Waals surface area contributed by atoms with Crippen LogP contribution in [0.1, 0.15) is 34.1 Å². The molecule has 1 rings (SSSR count). The van der Waals surface area contributed by atoms with Crippen molar-refractivity contribution >= 4 is 11.9 Å². The summed E-state index contributed by atoms with van der Waals surface area (Å²) < 4.78 is 11.0. The highest BCUT2D eigenvalue weighted by Crippen LogP contribution is 2.17. The highest BCUT2D eigenvalue weighted by atomic mass is 16.5. The second-order valence-corrected chi connectivity index (χ2v) is 5.23. The van der Waals surface area contributed by atoms with Gasteiger partial charge < -0.3 is 19.7 Å². The lowest BCUT2D eigenvalue weighted by molar-refractivity contribution is 0.00468. The summed E-state index contributed by atoms with van der Waals surface area (Å²) in [7, 11) is 3.47. The van der Waals surface area contributed by atoms with Crippen LogP contribution in [0, 0.1) is 0 Å². The van der Waals surface area contributed by atoms with Crippen LogP contribution >= 0.6 is 0 Å². The number of hydrogen-bond donors (Lipinski definition) is 1. The summed E-state index contributed by atoms with van der Waals surface area (Å²) in [6.07, 6.45) is 0.755. The molecule has 7 nitrogen and oxygen atoms in total. The maximum atomic E-state index is 5.66. The number of ether oxygens (including phenoxy) is 2. The Balaban J connectivity index is 2.79. The summed E-state index contributed by atoms with van der Waals surface area (Å²) >= 11 is 0. The standard InChI is InChI=1S/C14H27N5O2/c1-7-19(8-2)12-16-11(15-5)17-13(18-12)21-10-9-14(3,4)20-6/h7-10H2,1-6H3,(H,15,16,17,18). The fourth-order valence-electron chi connectivity index (χ4n) is 1.66. The van der Waals surface area contributed by atoms with Crippen LogP contribution in [-0.4, -0.2) is 54.4 Å². The highest BCUT2D eigenvalue weighted by molar-refractivity contribution is 5.37. The summed E-state index contributed by atoms with van der Waals surface area (Å²) in [4.78, 5) is 15.0. The fourth-order valence-corrected chi connectivity index (χ4v) is 1.66. The van der Waals surface area contributed by atoms with E-state index in [4.69, 9.17) is 9.47 Å². The minimum absolute atomic E-state index is 0.222. The summed E-state index contributed by atoms with van der Waals surface area (Å²) in [5, 5.41) is 2.94. The lowest BCUT2D eigenvalue weighted by atomic mass is 10.1. The minimum atomic E-state index is -0.222. The predicted molar refractivity (Wildman–Crippen MR) is 84.1 cm³/mol. The third-order valence-corrected chi connectivity index (χ3v) is 3.36. The van der Waals surface area contributed by atoms with Crippen molar-refractivity contribution in [2.75, 3.05) is 44.1 Å². The molecule has 0 aliphatic carbocycles. The smallest absolute Gasteiger partial charge is 0.323 e. The predicted octanol–water partition coefficient (Wildman–Crippen LogP) is 1.95. The van der Waals surface area contributed by atoms with E-state index in [1.807, 2.05) is 13.8 Å². The Kier molecular flexibility index (Phi) is 6.61. The summed E-state index contributed by atoms with van der Waals surface area (Å²) in [5.74, 6) is 1.13. The Morgan fingerprint density at radius 2 is 1.81 bits per heavy atom. The fraction of sp³-hybridized carbons (Fsp3) is 0.786. The summed E-state index contributed by atoms with van der Waals surface area (Å²) in [5.41, 5.74) is -0.222. The van der Waals surface area contributed by atoms with E-state index < -0.39 is 0 Å². The molecular formula is C14H27N5O2. The Bertz CT molecular complexity index is 435. The van der Waals surface area contributed by atoms with E-state index in [2.05, 4.69) is 39.0 Å². The van der Waals surface area contributed by atoms with Gasteiger partial charge in [-0.1, -0.05) is 0 Å². The summed E-state index contributed by atoms with van der Waals surface area (Å²) in [6, 6.07) is 0.336. The first-order valence-electron chi connectivity index (χ1n) is 7.32. The SMILES string of the molecule is CCN(CC)c1nc(NC)nc(OCCC(C)(C)OC)n1. The molecule has 0 aliphatic rings. The number of nitrogens with one attached hydrogen (secondary N) is 1. The van der Waals surface area contributed by atoms with Crippen molar-refractivity contribution in [2.24, 2.45) is 0 Å². The molecule has 1 N–H and O–H groups in total. The van der Waals surface area contributed by atoms with Gasteiger partial charge in [0.25, 0.3) is 0 Å². The monoisotopic (exact) mass is 297 g/mol. The number of rotatable bonds is 9. The van der Waals surface area contributed by atoms with Gasteiger partial charge in [-0.25, -0.2) is 0 Å². The second-order valence-electron chi connectivity index (χ2n) is 5.23. The normalized spacial score (nSPS) is 11.3. The molecule has 1 aromatic heterocycles. The van der Waals surface area contributed by atoms with Crippen molar-refractivity contribution in [3.63, 3.8) is 0 Å². The molecule has 0 spiro atoms. The molecule has 120 valence electrons. The molecular weight excluding hydrogens is 270 g/mol. The first-order valence-corrected chi connectivity index (χ1v) is 7.32. The van der Waals surface area contributed by atoms with Gasteiger partial charge >= 0.3 is 6.01 Å². The average Bonchev–Trinajstić information content (AvgIpc) is 2.48. The van der Waals surface area contributed by atoms with E-state index in [0.29, 0.717) is 24.5 Å². The quantitative estimate of drug-likeness (QED) is 0.747. The molecule has 1 heterocycles. The molecule has 21 heavy (non-hydrogen) atoms. The molecule has 0 radical (unpaired) electrons. The molecule has 0 aromatic carbocycles. The van der Waals surface area contributed by atoms with E-state index in [1.54, 1.807) is 14.2 Å². The van der Waals surface area contributed by atoms with Gasteiger partial charge in [0.15, 0.2) is 0 Å². The molecule has 7 heteroatoms. The van der Waals surface area contributed by atoms with Gasteiger partial charge in [-0.2, -0.15) is 15.0 Å². The van der Waals surface area contributed by atoms with Crippen LogP contribution in [0.25, 0.3) is 0 Å². The van der Waals surface area contributed by atoms with Crippen molar-refractivity contribution in [2.45, 2.75) is 39.7 Å². The zero-order valence-electron chi connectivity index (χ0n) is 13.9. The highest BCUT2D eigenvalue weighted by Gasteiger charge is 2.17. The van der Waals surface area contributed by atoms with Gasteiger partial charge in [0, 0.05) is 33.7 Å². The first kappa shape index (κ1) is 17.4. The Labute approximate surface area is 127 Å². The number of anilines is 2. The molecule has 0 amide bonds. The Hall–Kier alpha value is -1.63. The molecule has 0 atom stereocenters. The molecule has 0 bridgehead atoms. The van der Waals surface area contributed by atoms with Gasteiger partial charge in [0.05, 0.1) is 12.2 Å². The maximum Gasteiger partial charge on any atom is 0.323 e. The first-order chi connectivity index (χ1) is 9.95. The number of hydrogen-bond acceptors (Lipinski definition) is 7. The molecule has 1 aromatic rings. The van der Waals surface area contributed by atoms with E-state index in [-0.39, 0.29) is 5.60 Å². The van der Waals surface area contributed by atoms with Gasteiger partial charge in [-0.3, -0.25) is 0 Å². The molecule has 0 saturated carbocycles. The molecule has 0 unspecified atom stereocenters. The van der Waals surface area contributed by atoms with Crippen LogP contribution in [0.5, 0.6) is 6.01 Å². The average molecular weight is 297 g/mol. The molecule has 0 saturated heterocycles. The lowest BCUT2D eigenvalue weighted by Gasteiger charge is -2.22. The largest absolute Gasteiger partial charge is 0.463 e. The van der Waals surface area contributed by atoms with Crippen LogP contribution < -0.4 is 15.0 Å². The van der Waals surface area contributed by atoms with E-state index in [0.717, 1.165) is 19.5 Å². The van der Waals surface area contributed by atoms with Crippen molar-refractivity contribution in [1.29, 1.82) is 0 Å². The Morgan fingerprint density at radius 1 is 1.14 bits per heavy atom. The van der Waals surface area contributed by atoms with E-state index >= 15 is 0 Å². The van der Waals surface area contributed by atoms with Gasteiger partial charge in [0.2, 0.25) is 11.9 Å². The third-order valence-electron chi connectivity index (χ3n) is 3.36. The van der Waals surface area contributed by atoms with Crippen LogP contribution in [0.2, 0.25) is 0 Å². The van der Waals surface area contributed by atoms with Gasteiger partial charge in [0.1, 0.15) is 0 Å². The van der Waals surface area contributed by atoms with Crippen molar-refractivity contribution in [3.8, 4) is 6.01 Å². The topological polar surface area (TPSA) is 72.4 Å². The zero-order chi connectivity index (χ0) is 15.9. The van der Waals surface area contributed by atoms with Crippen LogP contribution in [-0.2, 0) is 4.74 Å². The zero-order valence-corrected chi connectivity index (χ0v) is 13.9. The van der Waals surface area contributed by atoms with Crippen molar-refractivity contribution in [1.82, 2.24) is 15.0 Å². The van der Waals surface area contributed by atoms with Crippen molar-refractivity contribution < 1.29 is 9.47 Å². The molecule has 0 aliphatic heterocycles. The van der Waals surface area contributed by atoms with Crippen LogP contribution in [0.4, 0.5) is 11.9 Å². The third kappa shape index (κ3) is 5.34. The minimum Gasteiger partial charge on any atom is -0.463 e. The number of aromatic nitrogens is 3.